The molecule has 0 aromatic rings. The lowest BCUT2D eigenvalue weighted by molar-refractivity contribution is 0.0184. The Kier molecular flexibility index (Phi) is 5.39. The highest BCUT2D eigenvalue weighted by Gasteiger charge is 2.47. The van der Waals surface area contributed by atoms with Gasteiger partial charge in [-0.2, -0.15) is 0 Å². The molecule has 1 saturated heterocycles. The van der Waals surface area contributed by atoms with Crippen LogP contribution in [0, 0.1) is 0 Å². The number of thioether (sulfide) groups is 1. The number of hydrogen-bond donors (Lipinski definition) is 1. The fraction of sp³-hybridized carbons (Fsp3) is 0.929. The lowest BCUT2D eigenvalue weighted by atomic mass is 9.94. The van der Waals surface area contributed by atoms with E-state index >= 15 is 0 Å². The molecule has 2 fully saturated rings. The smallest absolute Gasteiger partial charge is 0.438 e. The van der Waals surface area contributed by atoms with Crippen LogP contribution >= 0.6 is 11.8 Å². The summed E-state index contributed by atoms with van der Waals surface area (Å²) >= 11 is 1.99. The van der Waals surface area contributed by atoms with Crippen molar-refractivity contribution in [3.63, 3.8) is 0 Å². The molecular formula is C14H25NO3S. The maximum absolute atomic E-state index is 11.4. The van der Waals surface area contributed by atoms with Crippen LogP contribution in [-0.4, -0.2) is 29.6 Å². The number of carbonyl (C=O) groups is 1. The first kappa shape index (κ1) is 15.0. The molecule has 0 aromatic heterocycles. The molecule has 1 aliphatic heterocycles. The monoisotopic (exact) mass is 287 g/mol. The summed E-state index contributed by atoms with van der Waals surface area (Å²) in [6, 6.07) is 0. The van der Waals surface area contributed by atoms with Gasteiger partial charge in [0.05, 0.1) is 17.2 Å². The Balaban J connectivity index is 1.98. The molecule has 2 aliphatic rings. The van der Waals surface area contributed by atoms with E-state index in [1.165, 1.54) is 52.1 Å². The van der Waals surface area contributed by atoms with E-state index in [0.29, 0.717) is 5.25 Å². The van der Waals surface area contributed by atoms with Crippen LogP contribution < -0.4 is 5.32 Å². The van der Waals surface area contributed by atoms with Crippen LogP contribution in [0.4, 0.5) is 4.79 Å². The van der Waals surface area contributed by atoms with E-state index in [4.69, 9.17) is 4.74 Å². The first-order valence-corrected chi connectivity index (χ1v) is 8.27. The van der Waals surface area contributed by atoms with E-state index in [-0.39, 0.29) is 11.1 Å². The van der Waals surface area contributed by atoms with Crippen molar-refractivity contribution in [2.75, 3.05) is 7.11 Å². The van der Waals surface area contributed by atoms with E-state index in [9.17, 15) is 4.79 Å². The topological polar surface area (TPSA) is 47.6 Å². The summed E-state index contributed by atoms with van der Waals surface area (Å²) in [7, 11) is 1.36. The van der Waals surface area contributed by atoms with E-state index in [1.807, 2.05) is 11.8 Å². The highest BCUT2D eigenvalue weighted by Crippen LogP contribution is 2.47. The Bertz CT molecular complexity index is 305. The van der Waals surface area contributed by atoms with Gasteiger partial charge in [-0.25, -0.2) is 4.79 Å². The van der Waals surface area contributed by atoms with Gasteiger partial charge < -0.3 is 9.47 Å². The van der Waals surface area contributed by atoms with Gasteiger partial charge in [0, 0.05) is 0 Å². The first-order chi connectivity index (χ1) is 9.19. The number of unbranched alkanes of at least 4 members (excludes halogenated alkanes) is 1. The predicted molar refractivity (Wildman–Crippen MR) is 77.1 cm³/mol. The second kappa shape index (κ2) is 6.84. The van der Waals surface area contributed by atoms with Crippen LogP contribution in [0.15, 0.2) is 0 Å². The van der Waals surface area contributed by atoms with Crippen molar-refractivity contribution in [3.05, 3.63) is 0 Å². The second-order valence-corrected chi connectivity index (χ2v) is 7.11. The van der Waals surface area contributed by atoms with Gasteiger partial charge in [0.25, 0.3) is 0 Å². The number of rotatable bonds is 4. The zero-order valence-corrected chi connectivity index (χ0v) is 12.8. The zero-order valence-electron chi connectivity index (χ0n) is 11.9. The summed E-state index contributed by atoms with van der Waals surface area (Å²) in [5, 5.41) is 3.93. The molecule has 0 aromatic carbocycles. The van der Waals surface area contributed by atoms with Gasteiger partial charge in [-0.15, -0.1) is 11.8 Å². The molecule has 1 spiro atoms. The van der Waals surface area contributed by atoms with Gasteiger partial charge in [-0.3, -0.25) is 5.32 Å². The molecule has 0 bridgehead atoms. The molecule has 2 rings (SSSR count). The van der Waals surface area contributed by atoms with Crippen LogP contribution in [0.3, 0.4) is 0 Å². The molecule has 2 atom stereocenters. The van der Waals surface area contributed by atoms with Crippen LogP contribution in [0.5, 0.6) is 0 Å². The molecular weight excluding hydrogens is 262 g/mol. The largest absolute Gasteiger partial charge is 0.509 e. The normalized spacial score (nSPS) is 29.4. The Morgan fingerprint density at radius 3 is 2.74 bits per heavy atom. The Labute approximate surface area is 120 Å². The Morgan fingerprint density at radius 1 is 1.37 bits per heavy atom. The third-order valence-corrected chi connectivity index (χ3v) is 5.78. The summed E-state index contributed by atoms with van der Waals surface area (Å²) in [5.41, 5.74) is 0. The highest BCUT2D eigenvalue weighted by molar-refractivity contribution is 8.01. The quantitative estimate of drug-likeness (QED) is 0.800. The number of nitrogens with one attached hydrogen (secondary N) is 1. The summed E-state index contributed by atoms with van der Waals surface area (Å²) in [6.07, 6.45) is 8.91. The maximum atomic E-state index is 11.4. The van der Waals surface area contributed by atoms with Crippen LogP contribution in [0.25, 0.3) is 0 Å². The summed E-state index contributed by atoms with van der Waals surface area (Å²) < 4.78 is 10.0. The van der Waals surface area contributed by atoms with E-state index in [1.54, 1.807) is 0 Å². The van der Waals surface area contributed by atoms with Gasteiger partial charge in [0.15, 0.2) is 6.23 Å². The van der Waals surface area contributed by atoms with Gasteiger partial charge >= 0.3 is 6.16 Å². The molecule has 110 valence electrons. The van der Waals surface area contributed by atoms with E-state index in [2.05, 4.69) is 17.0 Å². The molecule has 1 aliphatic carbocycles. The maximum Gasteiger partial charge on any atom is 0.509 e. The number of hydrogen-bond acceptors (Lipinski definition) is 5. The fourth-order valence-corrected chi connectivity index (χ4v) is 4.82. The third-order valence-electron chi connectivity index (χ3n) is 4.01. The molecule has 2 unspecified atom stereocenters. The standard InChI is InChI=1S/C14H25NO3S/c1-3-4-8-11-12(18-13(16)17-2)15-14(19-11)9-6-5-7-10-14/h11-12,15H,3-10H2,1-2H3. The minimum atomic E-state index is -0.576. The van der Waals surface area contributed by atoms with E-state index < -0.39 is 6.16 Å². The highest BCUT2D eigenvalue weighted by atomic mass is 32.2. The van der Waals surface area contributed by atoms with Crippen molar-refractivity contribution >= 4 is 17.9 Å². The average Bonchev–Trinajstić information content (AvgIpc) is 2.74. The van der Waals surface area contributed by atoms with Gasteiger partial charge in [-0.05, 0) is 19.3 Å². The van der Waals surface area contributed by atoms with Gasteiger partial charge in [-0.1, -0.05) is 39.0 Å². The molecule has 0 amide bonds. The Morgan fingerprint density at radius 2 is 2.11 bits per heavy atom. The van der Waals surface area contributed by atoms with Crippen molar-refractivity contribution in [1.29, 1.82) is 0 Å². The number of carbonyl (C=O) groups excluding carboxylic acids is 1. The molecule has 19 heavy (non-hydrogen) atoms. The predicted octanol–water partition coefficient (Wildman–Crippen LogP) is 3.65. The van der Waals surface area contributed by atoms with E-state index in [0.717, 1.165) is 6.42 Å². The van der Waals surface area contributed by atoms with Crippen LogP contribution in [0.1, 0.15) is 58.3 Å². The summed E-state index contributed by atoms with van der Waals surface area (Å²) in [6.45, 7) is 2.19. The molecule has 0 radical (unpaired) electrons. The summed E-state index contributed by atoms with van der Waals surface area (Å²) in [4.78, 5) is 11.5. The molecule has 1 heterocycles. The lowest BCUT2D eigenvalue weighted by Crippen LogP contribution is -2.45. The van der Waals surface area contributed by atoms with Crippen molar-refractivity contribution in [3.8, 4) is 0 Å². The fourth-order valence-electron chi connectivity index (χ4n) is 3.00. The number of ether oxygens (including phenoxy) is 2. The second-order valence-electron chi connectivity index (χ2n) is 5.49. The Hall–Kier alpha value is -0.420. The first-order valence-electron chi connectivity index (χ1n) is 7.39. The lowest BCUT2D eigenvalue weighted by Gasteiger charge is -2.33. The minimum Gasteiger partial charge on any atom is -0.438 e. The van der Waals surface area contributed by atoms with Gasteiger partial charge in [0.1, 0.15) is 0 Å². The SMILES string of the molecule is CCCCC1SC2(CCCCC2)NC1OC(=O)OC. The van der Waals surface area contributed by atoms with Crippen molar-refractivity contribution < 1.29 is 14.3 Å². The average molecular weight is 287 g/mol. The zero-order chi connectivity index (χ0) is 13.7. The number of methoxy groups -OCH3 is 1. The molecule has 4 nitrogen and oxygen atoms in total. The third kappa shape index (κ3) is 3.78. The summed E-state index contributed by atoms with van der Waals surface area (Å²) in [5.74, 6) is 0. The van der Waals surface area contributed by atoms with Crippen LogP contribution in [0.2, 0.25) is 0 Å². The van der Waals surface area contributed by atoms with Gasteiger partial charge in [0.2, 0.25) is 0 Å². The van der Waals surface area contributed by atoms with Crippen LogP contribution in [-0.2, 0) is 9.47 Å². The minimum absolute atomic E-state index is 0.134. The van der Waals surface area contributed by atoms with Crippen molar-refractivity contribution in [2.24, 2.45) is 0 Å². The van der Waals surface area contributed by atoms with Crippen molar-refractivity contribution in [2.45, 2.75) is 74.6 Å². The molecule has 5 heteroatoms. The molecule has 1 N–H and O–H groups in total. The molecule has 1 saturated carbocycles. The van der Waals surface area contributed by atoms with Crippen molar-refractivity contribution in [1.82, 2.24) is 5.32 Å².